The van der Waals surface area contributed by atoms with Crippen LogP contribution in [0, 0.1) is 17.2 Å². The monoisotopic (exact) mass is 300 g/mol. The highest BCUT2D eigenvalue weighted by Gasteiger charge is 2.33. The molecule has 0 N–H and O–H groups in total. The van der Waals surface area contributed by atoms with Gasteiger partial charge in [-0.1, -0.05) is 12.1 Å². The first kappa shape index (κ1) is 14.2. The quantitative estimate of drug-likeness (QED) is 0.872. The Kier molecular flexibility index (Phi) is 4.00. The lowest BCUT2D eigenvalue weighted by Gasteiger charge is -2.27. The van der Waals surface area contributed by atoms with Crippen molar-refractivity contribution in [3.8, 4) is 6.07 Å². The molecule has 108 valence electrons. The van der Waals surface area contributed by atoms with Gasteiger partial charge >= 0.3 is 0 Å². The Balaban J connectivity index is 1.87. The summed E-state index contributed by atoms with van der Waals surface area (Å²) >= 11 is 1.44. The lowest BCUT2D eigenvalue weighted by atomic mass is 9.86. The zero-order chi connectivity index (χ0) is 14.8. The summed E-state index contributed by atoms with van der Waals surface area (Å²) in [5, 5.41) is 10.0. The number of nitrogens with zero attached hydrogens (tertiary/aromatic N) is 2. The van der Waals surface area contributed by atoms with Gasteiger partial charge in [-0.25, -0.2) is 4.98 Å². The van der Waals surface area contributed by atoms with Crippen LogP contribution in [0.15, 0.2) is 24.3 Å². The third kappa shape index (κ3) is 2.82. The molecule has 0 radical (unpaired) electrons. The second kappa shape index (κ2) is 5.92. The predicted octanol–water partition coefficient (Wildman–Crippen LogP) is 3.29. The number of fused-ring (bicyclic) bond motifs is 1. The van der Waals surface area contributed by atoms with Gasteiger partial charge in [0.2, 0.25) is 0 Å². The van der Waals surface area contributed by atoms with Crippen molar-refractivity contribution in [3.05, 3.63) is 29.3 Å². The van der Waals surface area contributed by atoms with Crippen molar-refractivity contribution >= 4 is 27.3 Å². The number of nitriles is 1. The minimum absolute atomic E-state index is 0.00768. The van der Waals surface area contributed by atoms with Crippen molar-refractivity contribution in [3.63, 3.8) is 0 Å². The van der Waals surface area contributed by atoms with Crippen molar-refractivity contribution in [2.75, 3.05) is 6.61 Å². The van der Waals surface area contributed by atoms with Crippen LogP contribution in [0.5, 0.6) is 0 Å². The number of rotatable bonds is 3. The van der Waals surface area contributed by atoms with Gasteiger partial charge < -0.3 is 4.74 Å². The Morgan fingerprint density at radius 2 is 2.33 bits per heavy atom. The lowest BCUT2D eigenvalue weighted by molar-refractivity contribution is -0.127. The van der Waals surface area contributed by atoms with E-state index >= 15 is 0 Å². The molecule has 2 heterocycles. The third-order valence-electron chi connectivity index (χ3n) is 3.86. The SMILES string of the molecule is C[C@@H]1C[C@H](C(=O)[C@H](C#N)c2nc3ccccc3s2)CCO1. The highest BCUT2D eigenvalue weighted by molar-refractivity contribution is 7.18. The number of ketones is 1. The molecular formula is C16H16N2O2S. The van der Waals surface area contributed by atoms with Crippen LogP contribution in [0.3, 0.4) is 0 Å². The van der Waals surface area contributed by atoms with Crippen molar-refractivity contribution < 1.29 is 9.53 Å². The van der Waals surface area contributed by atoms with Gasteiger partial charge in [0.15, 0.2) is 11.7 Å². The van der Waals surface area contributed by atoms with Crippen LogP contribution in [0.2, 0.25) is 0 Å². The summed E-state index contributed by atoms with van der Waals surface area (Å²) in [5.41, 5.74) is 0.853. The van der Waals surface area contributed by atoms with Gasteiger partial charge in [0.05, 0.1) is 22.4 Å². The summed E-state index contributed by atoms with van der Waals surface area (Å²) in [6, 6.07) is 9.87. The largest absolute Gasteiger partial charge is 0.378 e. The van der Waals surface area contributed by atoms with E-state index in [1.165, 1.54) is 11.3 Å². The molecule has 0 bridgehead atoms. The molecule has 5 heteroatoms. The third-order valence-corrected chi connectivity index (χ3v) is 4.96. The van der Waals surface area contributed by atoms with Crippen molar-refractivity contribution in [1.29, 1.82) is 5.26 Å². The summed E-state index contributed by atoms with van der Waals surface area (Å²) in [6.07, 6.45) is 1.48. The minimum atomic E-state index is -0.752. The number of ether oxygens (including phenoxy) is 1. The highest BCUT2D eigenvalue weighted by Crippen LogP contribution is 2.32. The molecule has 3 rings (SSSR count). The maximum atomic E-state index is 12.6. The molecule has 4 nitrogen and oxygen atoms in total. The number of carbonyl (C=O) groups is 1. The van der Waals surface area contributed by atoms with Crippen molar-refractivity contribution in [2.45, 2.75) is 31.8 Å². The van der Waals surface area contributed by atoms with Crippen LogP contribution < -0.4 is 0 Å². The molecule has 1 aromatic carbocycles. The number of benzene rings is 1. The van der Waals surface area contributed by atoms with Crippen LogP contribution in [0.25, 0.3) is 10.2 Å². The molecule has 0 spiro atoms. The standard InChI is InChI=1S/C16H16N2O2S/c1-10-8-11(6-7-20-10)15(19)12(9-17)16-18-13-4-2-3-5-14(13)21-16/h2-5,10-12H,6-8H2,1H3/t10-,11-,12+/m1/s1. The van der Waals surface area contributed by atoms with E-state index in [1.54, 1.807) is 0 Å². The topological polar surface area (TPSA) is 63.0 Å². The molecule has 0 unspecified atom stereocenters. The van der Waals surface area contributed by atoms with E-state index in [2.05, 4.69) is 11.1 Å². The molecule has 0 amide bonds. The number of hydrogen-bond donors (Lipinski definition) is 0. The fourth-order valence-electron chi connectivity index (χ4n) is 2.75. The van der Waals surface area contributed by atoms with Gasteiger partial charge in [-0.05, 0) is 31.9 Å². The Morgan fingerprint density at radius 3 is 3.05 bits per heavy atom. The molecule has 1 aliphatic rings. The number of thiazole rings is 1. The summed E-state index contributed by atoms with van der Waals surface area (Å²) in [4.78, 5) is 17.1. The van der Waals surface area contributed by atoms with Crippen LogP contribution in [-0.2, 0) is 9.53 Å². The molecular weight excluding hydrogens is 284 g/mol. The normalized spacial score (nSPS) is 23.6. The van der Waals surface area contributed by atoms with E-state index in [0.29, 0.717) is 24.5 Å². The van der Waals surface area contributed by atoms with E-state index in [4.69, 9.17) is 4.74 Å². The second-order valence-electron chi connectivity index (χ2n) is 5.39. The van der Waals surface area contributed by atoms with Gasteiger partial charge in [-0.3, -0.25) is 4.79 Å². The summed E-state index contributed by atoms with van der Waals surface area (Å²) in [7, 11) is 0. The number of carbonyl (C=O) groups excluding carboxylic acids is 1. The Labute approximate surface area is 127 Å². The number of para-hydroxylation sites is 1. The maximum absolute atomic E-state index is 12.6. The average molecular weight is 300 g/mol. The first-order valence-corrected chi connectivity index (χ1v) is 7.91. The number of hydrogen-bond acceptors (Lipinski definition) is 5. The fraction of sp³-hybridized carbons (Fsp3) is 0.438. The van der Waals surface area contributed by atoms with Gasteiger partial charge in [-0.15, -0.1) is 11.3 Å². The van der Waals surface area contributed by atoms with Crippen molar-refractivity contribution in [2.24, 2.45) is 5.92 Å². The van der Waals surface area contributed by atoms with Crippen molar-refractivity contribution in [1.82, 2.24) is 4.98 Å². The summed E-state index contributed by atoms with van der Waals surface area (Å²) in [6.45, 7) is 2.56. The molecule has 2 aromatic rings. The van der Waals surface area contributed by atoms with E-state index in [-0.39, 0.29) is 17.8 Å². The minimum Gasteiger partial charge on any atom is -0.378 e. The summed E-state index contributed by atoms with van der Waals surface area (Å²) < 4.78 is 6.49. The number of Topliss-reactive ketones (excluding diaryl/α,β-unsaturated/α-hetero) is 1. The second-order valence-corrected chi connectivity index (χ2v) is 6.45. The zero-order valence-corrected chi connectivity index (χ0v) is 12.6. The molecule has 3 atom stereocenters. The Hall–Kier alpha value is -1.77. The highest BCUT2D eigenvalue weighted by atomic mass is 32.1. The van der Waals surface area contributed by atoms with Gasteiger partial charge in [-0.2, -0.15) is 5.26 Å². The van der Waals surface area contributed by atoms with Crippen LogP contribution in [-0.4, -0.2) is 23.5 Å². The predicted molar refractivity (Wildman–Crippen MR) is 81.1 cm³/mol. The molecule has 1 saturated heterocycles. The van der Waals surface area contributed by atoms with Crippen LogP contribution in [0.4, 0.5) is 0 Å². The van der Waals surface area contributed by atoms with E-state index in [9.17, 15) is 10.1 Å². The van der Waals surface area contributed by atoms with Gasteiger partial charge in [0, 0.05) is 12.5 Å². The molecule has 1 fully saturated rings. The Morgan fingerprint density at radius 1 is 1.52 bits per heavy atom. The zero-order valence-electron chi connectivity index (χ0n) is 11.8. The molecule has 21 heavy (non-hydrogen) atoms. The molecule has 1 aliphatic heterocycles. The maximum Gasteiger partial charge on any atom is 0.160 e. The smallest absolute Gasteiger partial charge is 0.160 e. The van der Waals surface area contributed by atoms with Crippen LogP contribution in [0.1, 0.15) is 30.7 Å². The average Bonchev–Trinajstić information content (AvgIpc) is 2.91. The van der Waals surface area contributed by atoms with Gasteiger partial charge in [0.1, 0.15) is 5.01 Å². The van der Waals surface area contributed by atoms with Gasteiger partial charge in [0.25, 0.3) is 0 Å². The van der Waals surface area contributed by atoms with E-state index < -0.39 is 5.92 Å². The molecule has 0 saturated carbocycles. The van der Waals surface area contributed by atoms with E-state index in [1.807, 2.05) is 31.2 Å². The van der Waals surface area contributed by atoms with E-state index in [0.717, 1.165) is 10.2 Å². The van der Waals surface area contributed by atoms with Crippen LogP contribution >= 0.6 is 11.3 Å². The molecule has 1 aromatic heterocycles. The fourth-order valence-corrected chi connectivity index (χ4v) is 3.77. The Bertz CT molecular complexity index is 671. The summed E-state index contributed by atoms with van der Waals surface area (Å²) in [5.74, 6) is -0.852. The molecule has 0 aliphatic carbocycles. The number of aromatic nitrogens is 1. The first-order valence-electron chi connectivity index (χ1n) is 7.09. The first-order chi connectivity index (χ1) is 10.2. The lowest BCUT2D eigenvalue weighted by Crippen LogP contribution is -2.31.